The minimum Gasteiger partial charge on any atom is -0.381 e. The number of para-hydroxylation sites is 1. The van der Waals surface area contributed by atoms with Crippen molar-refractivity contribution in [2.75, 3.05) is 13.2 Å². The number of hydrogen-bond acceptors (Lipinski definition) is 2. The average Bonchev–Trinajstić information content (AvgIpc) is 2.78. The van der Waals surface area contributed by atoms with Gasteiger partial charge in [-0.3, -0.25) is 0 Å². The predicted molar refractivity (Wildman–Crippen MR) is 84.3 cm³/mol. The maximum Gasteiger partial charge on any atom is 0.124 e. The van der Waals surface area contributed by atoms with Crippen LogP contribution in [0.15, 0.2) is 18.2 Å². The van der Waals surface area contributed by atoms with Crippen LogP contribution in [0.2, 0.25) is 0 Å². The first-order valence-corrected chi connectivity index (χ1v) is 7.75. The number of ether oxygens (including phenoxy) is 1. The number of imidazole rings is 1. The molecule has 2 rings (SSSR count). The molecule has 0 amide bonds. The monoisotopic (exact) mass is 294 g/mol. The molecule has 0 saturated carbocycles. The molecule has 2 aromatic rings. The van der Waals surface area contributed by atoms with E-state index in [1.165, 1.54) is 11.1 Å². The third-order valence-corrected chi connectivity index (χ3v) is 3.54. The fourth-order valence-electron chi connectivity index (χ4n) is 2.33. The molecular weight excluding hydrogens is 272 g/mol. The predicted octanol–water partition coefficient (Wildman–Crippen LogP) is 4.15. The zero-order valence-corrected chi connectivity index (χ0v) is 13.3. The van der Waals surface area contributed by atoms with Gasteiger partial charge in [0.25, 0.3) is 0 Å². The minimum absolute atomic E-state index is 0.445. The minimum atomic E-state index is 0.445. The number of fused-ring (bicyclic) bond motifs is 1. The molecule has 0 N–H and O–H groups in total. The third kappa shape index (κ3) is 3.53. The Kier molecular flexibility index (Phi) is 5.44. The third-order valence-electron chi connectivity index (χ3n) is 3.30. The van der Waals surface area contributed by atoms with E-state index < -0.39 is 0 Å². The van der Waals surface area contributed by atoms with Gasteiger partial charge in [0.05, 0.1) is 16.9 Å². The molecule has 1 aromatic heterocycles. The summed E-state index contributed by atoms with van der Waals surface area (Å²) < 4.78 is 7.85. The highest BCUT2D eigenvalue weighted by atomic mass is 35.5. The van der Waals surface area contributed by atoms with Crippen molar-refractivity contribution in [3.8, 4) is 0 Å². The van der Waals surface area contributed by atoms with E-state index in [9.17, 15) is 0 Å². The molecule has 3 nitrogen and oxygen atoms in total. The van der Waals surface area contributed by atoms with E-state index in [0.717, 1.165) is 37.5 Å². The van der Waals surface area contributed by atoms with Crippen LogP contribution in [0.1, 0.15) is 31.7 Å². The molecule has 0 bridgehead atoms. The van der Waals surface area contributed by atoms with E-state index in [4.69, 9.17) is 16.3 Å². The highest BCUT2D eigenvalue weighted by molar-refractivity contribution is 6.16. The summed E-state index contributed by atoms with van der Waals surface area (Å²) in [5.41, 5.74) is 3.43. The Morgan fingerprint density at radius 1 is 1.35 bits per heavy atom. The quantitative estimate of drug-likeness (QED) is 0.567. The van der Waals surface area contributed by atoms with Crippen LogP contribution in [0.4, 0.5) is 0 Å². The number of hydrogen-bond donors (Lipinski definition) is 0. The Morgan fingerprint density at radius 3 is 2.85 bits per heavy atom. The Morgan fingerprint density at radius 2 is 2.15 bits per heavy atom. The Bertz CT molecular complexity index is 563. The average molecular weight is 295 g/mol. The first-order chi connectivity index (χ1) is 9.63. The van der Waals surface area contributed by atoms with Crippen LogP contribution in [-0.4, -0.2) is 22.8 Å². The van der Waals surface area contributed by atoms with Crippen molar-refractivity contribution in [3.05, 3.63) is 29.6 Å². The number of benzene rings is 1. The van der Waals surface area contributed by atoms with Crippen molar-refractivity contribution in [2.24, 2.45) is 5.92 Å². The Balaban J connectivity index is 2.07. The lowest BCUT2D eigenvalue weighted by Crippen LogP contribution is -2.08. The Hall–Kier alpha value is -1.06. The molecule has 0 aliphatic heterocycles. The summed E-state index contributed by atoms with van der Waals surface area (Å²) >= 11 is 6.02. The van der Waals surface area contributed by atoms with Gasteiger partial charge in [-0.2, -0.15) is 0 Å². The highest BCUT2D eigenvalue weighted by Crippen LogP contribution is 2.21. The number of halogens is 1. The number of aryl methyl sites for hydroxylation is 2. The van der Waals surface area contributed by atoms with Crippen LogP contribution in [-0.2, 0) is 17.2 Å². The SMILES string of the molecule is Cc1cccc2c1nc(CCl)n2CCCOCC(C)C. The lowest BCUT2D eigenvalue weighted by molar-refractivity contribution is 0.105. The summed E-state index contributed by atoms with van der Waals surface area (Å²) in [5.74, 6) is 1.98. The summed E-state index contributed by atoms with van der Waals surface area (Å²) in [6.45, 7) is 8.93. The zero-order valence-electron chi connectivity index (χ0n) is 12.5. The topological polar surface area (TPSA) is 27.1 Å². The van der Waals surface area contributed by atoms with Crippen molar-refractivity contribution in [1.82, 2.24) is 9.55 Å². The van der Waals surface area contributed by atoms with Gasteiger partial charge in [0.15, 0.2) is 0 Å². The summed E-state index contributed by atoms with van der Waals surface area (Å²) in [7, 11) is 0. The zero-order chi connectivity index (χ0) is 14.5. The lowest BCUT2D eigenvalue weighted by Gasteiger charge is -2.09. The van der Waals surface area contributed by atoms with E-state index in [-0.39, 0.29) is 0 Å². The molecule has 0 spiro atoms. The van der Waals surface area contributed by atoms with Crippen molar-refractivity contribution < 1.29 is 4.74 Å². The number of aromatic nitrogens is 2. The molecule has 4 heteroatoms. The van der Waals surface area contributed by atoms with E-state index in [2.05, 4.69) is 48.5 Å². The molecule has 0 radical (unpaired) electrons. The van der Waals surface area contributed by atoms with Crippen LogP contribution in [0.5, 0.6) is 0 Å². The Labute approximate surface area is 125 Å². The molecule has 20 heavy (non-hydrogen) atoms. The standard InChI is InChI=1S/C16H23ClN2O/c1-12(2)11-20-9-5-8-19-14-7-4-6-13(3)16(14)18-15(19)10-17/h4,6-7,12H,5,8-11H2,1-3H3. The summed E-state index contributed by atoms with van der Waals surface area (Å²) in [6, 6.07) is 6.27. The van der Waals surface area contributed by atoms with Crippen molar-refractivity contribution >= 4 is 22.6 Å². The molecule has 0 fully saturated rings. The molecule has 0 atom stereocenters. The summed E-state index contributed by atoms with van der Waals surface area (Å²) in [5, 5.41) is 0. The van der Waals surface area contributed by atoms with Gasteiger partial charge in [-0.1, -0.05) is 26.0 Å². The second-order valence-corrected chi connectivity index (χ2v) is 5.85. The van der Waals surface area contributed by atoms with Crippen LogP contribution in [0.25, 0.3) is 11.0 Å². The largest absolute Gasteiger partial charge is 0.381 e. The van der Waals surface area contributed by atoms with E-state index >= 15 is 0 Å². The van der Waals surface area contributed by atoms with E-state index in [1.54, 1.807) is 0 Å². The van der Waals surface area contributed by atoms with Crippen molar-refractivity contribution in [3.63, 3.8) is 0 Å². The maximum atomic E-state index is 6.02. The maximum absolute atomic E-state index is 6.02. The van der Waals surface area contributed by atoms with Gasteiger partial charge in [0.1, 0.15) is 5.82 Å². The van der Waals surface area contributed by atoms with Gasteiger partial charge >= 0.3 is 0 Å². The van der Waals surface area contributed by atoms with Gasteiger partial charge < -0.3 is 9.30 Å². The number of nitrogens with zero attached hydrogens (tertiary/aromatic N) is 2. The van der Waals surface area contributed by atoms with Crippen molar-refractivity contribution in [1.29, 1.82) is 0 Å². The van der Waals surface area contributed by atoms with Crippen LogP contribution in [0.3, 0.4) is 0 Å². The molecular formula is C16H23ClN2O. The highest BCUT2D eigenvalue weighted by Gasteiger charge is 2.10. The molecule has 0 aliphatic carbocycles. The normalized spacial score (nSPS) is 11.7. The van der Waals surface area contributed by atoms with Gasteiger partial charge in [-0.25, -0.2) is 4.98 Å². The van der Waals surface area contributed by atoms with Crippen molar-refractivity contribution in [2.45, 2.75) is 39.6 Å². The fraction of sp³-hybridized carbons (Fsp3) is 0.562. The lowest BCUT2D eigenvalue weighted by atomic mass is 10.2. The molecule has 1 aromatic carbocycles. The van der Waals surface area contributed by atoms with Gasteiger partial charge in [-0.05, 0) is 30.9 Å². The molecule has 0 aliphatic rings. The number of alkyl halides is 1. The van der Waals surface area contributed by atoms with Gasteiger partial charge in [0.2, 0.25) is 0 Å². The second-order valence-electron chi connectivity index (χ2n) is 5.58. The first-order valence-electron chi connectivity index (χ1n) is 7.22. The summed E-state index contributed by atoms with van der Waals surface area (Å²) in [6.07, 6.45) is 0.982. The molecule has 1 heterocycles. The van der Waals surface area contributed by atoms with Crippen LogP contribution in [0, 0.1) is 12.8 Å². The number of rotatable bonds is 7. The first kappa shape index (κ1) is 15.3. The second kappa shape index (κ2) is 7.09. The van der Waals surface area contributed by atoms with E-state index in [1.807, 2.05) is 0 Å². The van der Waals surface area contributed by atoms with Crippen LogP contribution < -0.4 is 0 Å². The van der Waals surface area contributed by atoms with Gasteiger partial charge in [-0.15, -0.1) is 11.6 Å². The molecule has 110 valence electrons. The fourth-order valence-corrected chi connectivity index (χ4v) is 2.53. The molecule has 0 saturated heterocycles. The van der Waals surface area contributed by atoms with Crippen LogP contribution >= 0.6 is 11.6 Å². The smallest absolute Gasteiger partial charge is 0.124 e. The summed E-state index contributed by atoms with van der Waals surface area (Å²) in [4.78, 5) is 4.65. The van der Waals surface area contributed by atoms with E-state index in [0.29, 0.717) is 11.8 Å². The molecule has 0 unspecified atom stereocenters. The van der Waals surface area contributed by atoms with Gasteiger partial charge in [0, 0.05) is 19.8 Å².